The van der Waals surface area contributed by atoms with E-state index in [1.807, 2.05) is 37.3 Å². The van der Waals surface area contributed by atoms with Crippen LogP contribution in [0.4, 0.5) is 0 Å². The highest BCUT2D eigenvalue weighted by Gasteiger charge is 2.14. The number of hydrogen-bond acceptors (Lipinski definition) is 3. The van der Waals surface area contributed by atoms with Crippen LogP contribution in [0.5, 0.6) is 11.5 Å². The number of nitrogens with two attached hydrogens (primary N) is 1. The summed E-state index contributed by atoms with van der Waals surface area (Å²) in [6, 6.07) is 12.0. The van der Waals surface area contributed by atoms with Crippen molar-refractivity contribution in [3.63, 3.8) is 0 Å². The van der Waals surface area contributed by atoms with Gasteiger partial charge in [0.05, 0.1) is 5.56 Å². The fourth-order valence-corrected chi connectivity index (χ4v) is 3.26. The van der Waals surface area contributed by atoms with Gasteiger partial charge in [-0.2, -0.15) is 0 Å². The van der Waals surface area contributed by atoms with Crippen LogP contribution in [0, 0.1) is 13.8 Å². The van der Waals surface area contributed by atoms with Gasteiger partial charge in [0.25, 0.3) is 0 Å². The standard InChI is InChI=1S/C17H19NOS2/c1-4-21-15-7-5-6-14(16(15)17(18)20)19-13-9-8-11(2)10-12(13)3/h5-10H,4H2,1-3H3,(H2,18,20). The first-order valence-electron chi connectivity index (χ1n) is 6.83. The molecule has 0 saturated carbocycles. The molecule has 0 aromatic heterocycles. The van der Waals surface area contributed by atoms with Crippen molar-refractivity contribution in [3.8, 4) is 11.5 Å². The van der Waals surface area contributed by atoms with Gasteiger partial charge in [-0.3, -0.25) is 0 Å². The zero-order valence-corrected chi connectivity index (χ0v) is 14.1. The number of aryl methyl sites for hydroxylation is 2. The number of ether oxygens (including phenoxy) is 1. The number of benzene rings is 2. The molecule has 2 rings (SSSR count). The SMILES string of the molecule is CCSc1cccc(Oc2ccc(C)cc2C)c1C(N)=S. The predicted octanol–water partition coefficient (Wildman–Crippen LogP) is 4.84. The van der Waals surface area contributed by atoms with Gasteiger partial charge < -0.3 is 10.5 Å². The van der Waals surface area contributed by atoms with E-state index < -0.39 is 0 Å². The summed E-state index contributed by atoms with van der Waals surface area (Å²) in [5.74, 6) is 2.51. The van der Waals surface area contributed by atoms with Crippen LogP contribution in [-0.4, -0.2) is 10.7 Å². The molecule has 0 saturated heterocycles. The largest absolute Gasteiger partial charge is 0.456 e. The summed E-state index contributed by atoms with van der Waals surface area (Å²) in [4.78, 5) is 1.43. The molecule has 0 aliphatic heterocycles. The lowest BCUT2D eigenvalue weighted by Crippen LogP contribution is -2.12. The summed E-state index contributed by atoms with van der Waals surface area (Å²) in [5, 5.41) is 0. The van der Waals surface area contributed by atoms with E-state index in [0.717, 1.165) is 27.5 Å². The number of thioether (sulfide) groups is 1. The van der Waals surface area contributed by atoms with Crippen molar-refractivity contribution in [1.29, 1.82) is 0 Å². The third-order valence-electron chi connectivity index (χ3n) is 3.08. The van der Waals surface area contributed by atoms with E-state index in [-0.39, 0.29) is 0 Å². The smallest absolute Gasteiger partial charge is 0.138 e. The van der Waals surface area contributed by atoms with Gasteiger partial charge in [-0.05, 0) is 43.4 Å². The molecule has 0 unspecified atom stereocenters. The second kappa shape index (κ2) is 6.96. The first kappa shape index (κ1) is 15.9. The lowest BCUT2D eigenvalue weighted by atomic mass is 10.1. The molecule has 2 aromatic rings. The van der Waals surface area contributed by atoms with E-state index in [2.05, 4.69) is 19.9 Å². The van der Waals surface area contributed by atoms with Gasteiger partial charge in [0.2, 0.25) is 0 Å². The zero-order chi connectivity index (χ0) is 15.4. The Hall–Kier alpha value is -1.52. The van der Waals surface area contributed by atoms with E-state index >= 15 is 0 Å². The Morgan fingerprint density at radius 3 is 2.57 bits per heavy atom. The average molecular weight is 317 g/mol. The van der Waals surface area contributed by atoms with E-state index in [0.29, 0.717) is 10.7 Å². The lowest BCUT2D eigenvalue weighted by Gasteiger charge is -2.15. The molecule has 0 bridgehead atoms. The molecular formula is C17H19NOS2. The molecule has 0 fully saturated rings. The molecular weight excluding hydrogens is 298 g/mol. The van der Waals surface area contributed by atoms with Crippen molar-refractivity contribution in [2.45, 2.75) is 25.7 Å². The summed E-state index contributed by atoms with van der Waals surface area (Å²) in [7, 11) is 0. The Morgan fingerprint density at radius 1 is 1.19 bits per heavy atom. The Kier molecular flexibility index (Phi) is 5.26. The molecule has 0 aliphatic rings. The summed E-state index contributed by atoms with van der Waals surface area (Å²) >= 11 is 6.92. The first-order valence-corrected chi connectivity index (χ1v) is 8.23. The van der Waals surface area contributed by atoms with Crippen LogP contribution in [0.2, 0.25) is 0 Å². The van der Waals surface area contributed by atoms with Gasteiger partial charge in [-0.1, -0.05) is 42.9 Å². The maximum atomic E-state index is 6.06. The third kappa shape index (κ3) is 3.77. The zero-order valence-electron chi connectivity index (χ0n) is 12.5. The first-order chi connectivity index (χ1) is 10.0. The van der Waals surface area contributed by atoms with Crippen LogP contribution in [0.25, 0.3) is 0 Å². The van der Waals surface area contributed by atoms with Crippen LogP contribution in [0.15, 0.2) is 41.3 Å². The number of thiocarbonyl (C=S) groups is 1. The minimum atomic E-state index is 0.367. The Balaban J connectivity index is 2.43. The van der Waals surface area contributed by atoms with Crippen molar-refractivity contribution in [1.82, 2.24) is 0 Å². The molecule has 4 heteroatoms. The minimum Gasteiger partial charge on any atom is -0.456 e. The van der Waals surface area contributed by atoms with Crippen LogP contribution in [0.1, 0.15) is 23.6 Å². The van der Waals surface area contributed by atoms with E-state index in [1.54, 1.807) is 11.8 Å². The van der Waals surface area contributed by atoms with Gasteiger partial charge >= 0.3 is 0 Å². The number of rotatable bonds is 5. The topological polar surface area (TPSA) is 35.2 Å². The summed E-state index contributed by atoms with van der Waals surface area (Å²) < 4.78 is 6.06. The van der Waals surface area contributed by atoms with Crippen molar-refractivity contribution in [3.05, 3.63) is 53.1 Å². The van der Waals surface area contributed by atoms with E-state index in [4.69, 9.17) is 22.7 Å². The van der Waals surface area contributed by atoms with Crippen molar-refractivity contribution in [2.24, 2.45) is 5.73 Å². The third-order valence-corrected chi connectivity index (χ3v) is 4.23. The summed E-state index contributed by atoms with van der Waals surface area (Å²) in [6.07, 6.45) is 0. The fraction of sp³-hybridized carbons (Fsp3) is 0.235. The highest BCUT2D eigenvalue weighted by Crippen LogP contribution is 2.34. The Bertz CT molecular complexity index is 668. The van der Waals surface area contributed by atoms with Gasteiger partial charge in [-0.25, -0.2) is 0 Å². The van der Waals surface area contributed by atoms with Crippen LogP contribution >= 0.6 is 24.0 Å². The van der Waals surface area contributed by atoms with E-state index in [1.165, 1.54) is 5.56 Å². The highest BCUT2D eigenvalue weighted by atomic mass is 32.2. The van der Waals surface area contributed by atoms with Crippen molar-refractivity contribution >= 4 is 29.0 Å². The maximum Gasteiger partial charge on any atom is 0.138 e. The van der Waals surface area contributed by atoms with Crippen LogP contribution in [0.3, 0.4) is 0 Å². The second-order valence-electron chi connectivity index (χ2n) is 4.80. The fourth-order valence-electron chi connectivity index (χ4n) is 2.15. The molecule has 0 spiro atoms. The molecule has 0 atom stereocenters. The molecule has 2 aromatic carbocycles. The molecule has 110 valence electrons. The molecule has 2 nitrogen and oxygen atoms in total. The van der Waals surface area contributed by atoms with E-state index in [9.17, 15) is 0 Å². The van der Waals surface area contributed by atoms with Gasteiger partial charge in [0.1, 0.15) is 16.5 Å². The summed E-state index contributed by atoms with van der Waals surface area (Å²) in [5.41, 5.74) is 9.03. The predicted molar refractivity (Wildman–Crippen MR) is 94.7 cm³/mol. The molecule has 0 aliphatic carbocycles. The average Bonchev–Trinajstić information content (AvgIpc) is 2.42. The molecule has 2 N–H and O–H groups in total. The normalized spacial score (nSPS) is 10.4. The molecule has 0 radical (unpaired) electrons. The monoisotopic (exact) mass is 317 g/mol. The van der Waals surface area contributed by atoms with Gasteiger partial charge in [0.15, 0.2) is 0 Å². The van der Waals surface area contributed by atoms with Gasteiger partial charge in [-0.15, -0.1) is 11.8 Å². The number of hydrogen-bond donors (Lipinski definition) is 1. The summed E-state index contributed by atoms with van der Waals surface area (Å²) in [6.45, 7) is 6.20. The Labute approximate surface area is 135 Å². The Morgan fingerprint density at radius 2 is 1.95 bits per heavy atom. The molecule has 21 heavy (non-hydrogen) atoms. The second-order valence-corrected chi connectivity index (χ2v) is 6.54. The molecule has 0 amide bonds. The maximum absolute atomic E-state index is 6.06. The molecule has 0 heterocycles. The van der Waals surface area contributed by atoms with Crippen molar-refractivity contribution in [2.75, 3.05) is 5.75 Å². The van der Waals surface area contributed by atoms with Crippen molar-refractivity contribution < 1.29 is 4.74 Å². The highest BCUT2D eigenvalue weighted by molar-refractivity contribution is 7.99. The van der Waals surface area contributed by atoms with Crippen LogP contribution in [-0.2, 0) is 0 Å². The van der Waals surface area contributed by atoms with Gasteiger partial charge in [0, 0.05) is 4.90 Å². The quantitative estimate of drug-likeness (QED) is 0.632. The lowest BCUT2D eigenvalue weighted by molar-refractivity contribution is 0.476. The minimum absolute atomic E-state index is 0.367. The van der Waals surface area contributed by atoms with Crippen LogP contribution < -0.4 is 10.5 Å².